The molecule has 0 aliphatic carbocycles. The van der Waals surface area contributed by atoms with Gasteiger partial charge in [-0.2, -0.15) is 0 Å². The number of nitrogens with one attached hydrogen (secondary N) is 1. The maximum absolute atomic E-state index is 10.5. The van der Waals surface area contributed by atoms with E-state index < -0.39 is 0 Å². The molecule has 1 heterocycles. The molecule has 1 aliphatic heterocycles. The van der Waals surface area contributed by atoms with Crippen molar-refractivity contribution in [1.29, 1.82) is 0 Å². The van der Waals surface area contributed by atoms with Crippen molar-refractivity contribution in [2.45, 2.75) is 6.42 Å². The van der Waals surface area contributed by atoms with Crippen LogP contribution >= 0.6 is 0 Å². The summed E-state index contributed by atoms with van der Waals surface area (Å²) < 4.78 is 4.05. The predicted octanol–water partition coefficient (Wildman–Crippen LogP) is -3.45. The summed E-state index contributed by atoms with van der Waals surface area (Å²) in [7, 11) is 0. The van der Waals surface area contributed by atoms with Crippen LogP contribution in [0.4, 0.5) is 0 Å². The first-order valence-electron chi connectivity index (χ1n) is 2.22. The molecule has 1 fully saturated rings. The van der Waals surface area contributed by atoms with Crippen LogP contribution in [0.3, 0.4) is 0 Å². The van der Waals surface area contributed by atoms with Gasteiger partial charge in [-0.3, -0.25) is 0 Å². The Bertz CT molecular complexity index is 75.8. The van der Waals surface area contributed by atoms with Crippen molar-refractivity contribution in [2.24, 2.45) is 0 Å². The molecule has 3 heteroatoms. The zero-order valence-electron chi connectivity index (χ0n) is 3.91. The van der Waals surface area contributed by atoms with Gasteiger partial charge < -0.3 is 0 Å². The average molecular weight is 212 g/mol. The molecule has 1 N–H and O–H groups in total. The molecular formula is C4H7INO-. The second-order valence-electron chi connectivity index (χ2n) is 1.44. The zero-order valence-corrected chi connectivity index (χ0v) is 6.07. The first kappa shape index (κ1) is 5.50. The maximum atomic E-state index is 10.5. The van der Waals surface area contributed by atoms with Gasteiger partial charge in [0.25, 0.3) is 0 Å². The summed E-state index contributed by atoms with van der Waals surface area (Å²) in [6, 6.07) is 0. The van der Waals surface area contributed by atoms with Gasteiger partial charge in [-0.1, -0.05) is 0 Å². The summed E-state index contributed by atoms with van der Waals surface area (Å²) >= 11 is 0.0750. The quantitative estimate of drug-likeness (QED) is 0.257. The topological polar surface area (TPSA) is 29.1 Å². The monoisotopic (exact) mass is 212 g/mol. The fourth-order valence-electron chi connectivity index (χ4n) is 0.442. The molecule has 0 spiro atoms. The van der Waals surface area contributed by atoms with Gasteiger partial charge in [0.2, 0.25) is 0 Å². The molecule has 7 heavy (non-hydrogen) atoms. The predicted molar refractivity (Wildman–Crippen MR) is 22.5 cm³/mol. The van der Waals surface area contributed by atoms with Gasteiger partial charge in [0.1, 0.15) is 0 Å². The van der Waals surface area contributed by atoms with Crippen molar-refractivity contribution in [3.63, 3.8) is 0 Å². The first-order chi connectivity index (χ1) is 3.39. The van der Waals surface area contributed by atoms with E-state index in [1.54, 1.807) is 0 Å². The van der Waals surface area contributed by atoms with Gasteiger partial charge in [0, 0.05) is 0 Å². The summed E-state index contributed by atoms with van der Waals surface area (Å²) in [5.41, 5.74) is 0. The number of carbonyl (C=O) groups excluding carboxylic acids is 1. The number of ketones is 1. The summed E-state index contributed by atoms with van der Waals surface area (Å²) in [5.74, 6) is 0.451. The Kier molecular flexibility index (Phi) is 2.05. The van der Waals surface area contributed by atoms with E-state index in [0.717, 1.165) is 17.4 Å². The first-order valence-corrected chi connectivity index (χ1v) is 4.83. The molecule has 0 atom stereocenters. The number of alkyl halides is 1. The van der Waals surface area contributed by atoms with E-state index in [-0.39, 0.29) is 21.5 Å². The number of Topliss-reactive ketones (excluding diaryl/α,β-unsaturated/α-hetero) is 1. The van der Waals surface area contributed by atoms with Gasteiger partial charge in [-0.05, 0) is 0 Å². The van der Waals surface area contributed by atoms with E-state index >= 15 is 0 Å². The molecule has 1 saturated heterocycles. The van der Waals surface area contributed by atoms with Crippen molar-refractivity contribution in [2.75, 3.05) is 11.0 Å². The molecule has 0 aromatic heterocycles. The van der Waals surface area contributed by atoms with E-state index in [1.165, 1.54) is 0 Å². The van der Waals surface area contributed by atoms with E-state index in [0.29, 0.717) is 5.78 Å². The summed E-state index contributed by atoms with van der Waals surface area (Å²) in [6.45, 7) is 0.937. The van der Waals surface area contributed by atoms with E-state index in [1.807, 2.05) is 0 Å². The number of hydrogen-bond acceptors (Lipinski definition) is 2. The Hall–Kier alpha value is 0.360. The molecule has 0 saturated carbocycles. The standard InChI is InChI=1S/C4H7INO/c7-4-1-2-6-5-3-4/h6H,1-3H2/q-1. The molecule has 2 nitrogen and oxygen atoms in total. The van der Waals surface area contributed by atoms with Gasteiger partial charge in [0.05, 0.1) is 0 Å². The van der Waals surface area contributed by atoms with Crippen LogP contribution < -0.4 is 25.0 Å². The molecular weight excluding hydrogens is 205 g/mol. The van der Waals surface area contributed by atoms with E-state index in [2.05, 4.69) is 3.53 Å². The molecule has 0 aromatic carbocycles. The average Bonchev–Trinajstić information content (AvgIpc) is 1.69. The Labute approximate surface area is 53.3 Å². The molecule has 0 amide bonds. The summed E-state index contributed by atoms with van der Waals surface area (Å²) in [4.78, 5) is 10.5. The number of halogens is 1. The Morgan fingerprint density at radius 3 is 2.86 bits per heavy atom. The fraction of sp³-hybridized carbons (Fsp3) is 0.750. The van der Waals surface area contributed by atoms with Crippen LogP contribution in [0.1, 0.15) is 6.42 Å². The van der Waals surface area contributed by atoms with Crippen LogP contribution in [0.25, 0.3) is 0 Å². The second-order valence-corrected chi connectivity index (χ2v) is 3.73. The van der Waals surface area contributed by atoms with Crippen molar-refractivity contribution in [1.82, 2.24) is 3.53 Å². The van der Waals surface area contributed by atoms with E-state index in [9.17, 15) is 4.79 Å². The molecule has 42 valence electrons. The van der Waals surface area contributed by atoms with Crippen LogP contribution in [0, 0.1) is 0 Å². The van der Waals surface area contributed by atoms with E-state index in [4.69, 9.17) is 0 Å². The summed E-state index contributed by atoms with van der Waals surface area (Å²) in [6.07, 6.45) is 0.764. The van der Waals surface area contributed by atoms with Crippen molar-refractivity contribution >= 4 is 5.78 Å². The molecule has 0 unspecified atom stereocenters. The van der Waals surface area contributed by atoms with Crippen LogP contribution in [0.5, 0.6) is 0 Å². The Morgan fingerprint density at radius 1 is 1.71 bits per heavy atom. The summed E-state index contributed by atoms with van der Waals surface area (Å²) in [5, 5.41) is 0. The van der Waals surface area contributed by atoms with Crippen LogP contribution in [-0.2, 0) is 4.79 Å². The van der Waals surface area contributed by atoms with Gasteiger partial charge >= 0.3 is 53.0 Å². The molecule has 0 radical (unpaired) electrons. The van der Waals surface area contributed by atoms with Crippen molar-refractivity contribution < 1.29 is 26.3 Å². The van der Waals surface area contributed by atoms with Gasteiger partial charge in [0.15, 0.2) is 0 Å². The third kappa shape index (κ3) is 1.73. The number of hydrogen-bond donors (Lipinski definition) is 1. The van der Waals surface area contributed by atoms with Crippen molar-refractivity contribution in [3.05, 3.63) is 0 Å². The van der Waals surface area contributed by atoms with Gasteiger partial charge in [-0.25, -0.2) is 0 Å². The minimum atomic E-state index is 0.0750. The molecule has 0 aromatic rings. The van der Waals surface area contributed by atoms with Crippen LogP contribution in [-0.4, -0.2) is 16.8 Å². The number of carbonyl (C=O) groups is 1. The number of rotatable bonds is 0. The Balaban J connectivity index is 2.25. The van der Waals surface area contributed by atoms with Crippen LogP contribution in [0.15, 0.2) is 0 Å². The third-order valence-corrected chi connectivity index (χ3v) is 3.12. The zero-order chi connectivity index (χ0) is 5.11. The third-order valence-electron chi connectivity index (χ3n) is 0.809. The van der Waals surface area contributed by atoms with Gasteiger partial charge in [-0.15, -0.1) is 0 Å². The molecule has 1 rings (SSSR count). The SMILES string of the molecule is O=C1CCN[I-]C1. The minimum absolute atomic E-state index is 0.0750. The normalized spacial score (nSPS) is 23.7. The Morgan fingerprint density at radius 2 is 2.57 bits per heavy atom. The molecule has 0 bridgehead atoms. The van der Waals surface area contributed by atoms with Crippen LogP contribution in [0.2, 0.25) is 0 Å². The van der Waals surface area contributed by atoms with Crippen molar-refractivity contribution in [3.8, 4) is 0 Å². The molecule has 1 aliphatic rings. The fourth-order valence-corrected chi connectivity index (χ4v) is 2.17. The second kappa shape index (κ2) is 2.61.